The summed E-state index contributed by atoms with van der Waals surface area (Å²) < 4.78 is 1.79. The Hall–Kier alpha value is -2.21. The van der Waals surface area contributed by atoms with Gasteiger partial charge >= 0.3 is 0 Å². The standard InChI is InChI=1S/C20H23ClN6/c1-13-8-7-11-26(13)17-16-18(23-19(22-17)20(2,3)4)27(25-24-16)12-14-9-5-6-10-15(14)21/h1,5-6,9-10,13H,7-8,11-12H2,2-4H3/t13-/m0/s1. The Morgan fingerprint density at radius 3 is 2.67 bits per heavy atom. The predicted octanol–water partition coefficient (Wildman–Crippen LogP) is 3.90. The van der Waals surface area contributed by atoms with E-state index in [2.05, 4.69) is 36.0 Å². The van der Waals surface area contributed by atoms with Gasteiger partial charge in [0.25, 0.3) is 0 Å². The molecule has 6 nitrogen and oxygen atoms in total. The van der Waals surface area contributed by atoms with Gasteiger partial charge < -0.3 is 4.90 Å². The van der Waals surface area contributed by atoms with E-state index in [4.69, 9.17) is 28.5 Å². The minimum atomic E-state index is -0.202. The first-order valence-corrected chi connectivity index (χ1v) is 9.60. The first-order valence-electron chi connectivity index (χ1n) is 9.22. The predicted molar refractivity (Wildman–Crippen MR) is 107 cm³/mol. The Labute approximate surface area is 164 Å². The summed E-state index contributed by atoms with van der Waals surface area (Å²) in [5.74, 6) is 1.53. The van der Waals surface area contributed by atoms with Gasteiger partial charge in [-0.05, 0) is 31.4 Å². The number of rotatable bonds is 3. The zero-order valence-corrected chi connectivity index (χ0v) is 16.6. The van der Waals surface area contributed by atoms with Gasteiger partial charge in [0, 0.05) is 23.0 Å². The second-order valence-corrected chi connectivity index (χ2v) is 8.44. The molecule has 7 heteroatoms. The molecule has 27 heavy (non-hydrogen) atoms. The van der Waals surface area contributed by atoms with Gasteiger partial charge in [0.15, 0.2) is 17.0 Å². The lowest BCUT2D eigenvalue weighted by atomic mass is 9.95. The normalized spacial score (nSPS) is 17.8. The summed E-state index contributed by atoms with van der Waals surface area (Å²) in [6, 6.07) is 7.69. The first kappa shape index (κ1) is 18.2. The van der Waals surface area contributed by atoms with Gasteiger partial charge in [-0.2, -0.15) is 0 Å². The summed E-state index contributed by atoms with van der Waals surface area (Å²) in [7, 11) is 0. The van der Waals surface area contributed by atoms with Crippen LogP contribution >= 0.6 is 11.6 Å². The Kier molecular flexibility index (Phi) is 4.54. The second kappa shape index (κ2) is 6.75. The van der Waals surface area contributed by atoms with Crippen LogP contribution in [0, 0.1) is 6.92 Å². The summed E-state index contributed by atoms with van der Waals surface area (Å²) in [6.45, 7) is 14.0. The topological polar surface area (TPSA) is 59.7 Å². The summed E-state index contributed by atoms with van der Waals surface area (Å²) in [5.41, 5.74) is 2.17. The molecule has 1 aliphatic heterocycles. The lowest BCUT2D eigenvalue weighted by Gasteiger charge is -2.25. The maximum Gasteiger partial charge on any atom is 0.184 e. The summed E-state index contributed by atoms with van der Waals surface area (Å²) >= 11 is 6.33. The summed E-state index contributed by atoms with van der Waals surface area (Å²) in [6.07, 6.45) is 2.00. The third-order valence-corrected chi connectivity index (χ3v) is 5.23. The fourth-order valence-corrected chi connectivity index (χ4v) is 3.52. The molecule has 4 rings (SSSR count). The molecular weight excluding hydrogens is 360 g/mol. The van der Waals surface area contributed by atoms with Crippen LogP contribution in [0.1, 0.15) is 45.0 Å². The lowest BCUT2D eigenvalue weighted by Crippen LogP contribution is -2.29. The van der Waals surface area contributed by atoms with E-state index in [9.17, 15) is 0 Å². The van der Waals surface area contributed by atoms with Gasteiger partial charge in [-0.15, -0.1) is 5.10 Å². The van der Waals surface area contributed by atoms with Crippen LogP contribution in [0.3, 0.4) is 0 Å². The monoisotopic (exact) mass is 382 g/mol. The maximum atomic E-state index is 6.33. The van der Waals surface area contributed by atoms with Crippen molar-refractivity contribution in [1.29, 1.82) is 0 Å². The molecule has 0 unspecified atom stereocenters. The van der Waals surface area contributed by atoms with Crippen LogP contribution in [0.25, 0.3) is 11.2 Å². The molecule has 0 spiro atoms. The largest absolute Gasteiger partial charge is 0.351 e. The van der Waals surface area contributed by atoms with Crippen molar-refractivity contribution in [3.63, 3.8) is 0 Å². The zero-order valence-electron chi connectivity index (χ0n) is 15.9. The molecule has 1 aromatic carbocycles. The second-order valence-electron chi connectivity index (χ2n) is 8.03. The van der Waals surface area contributed by atoms with Crippen LogP contribution in [-0.2, 0) is 12.0 Å². The van der Waals surface area contributed by atoms with Crippen molar-refractivity contribution in [1.82, 2.24) is 25.0 Å². The van der Waals surface area contributed by atoms with Gasteiger partial charge in [0.2, 0.25) is 0 Å². The van der Waals surface area contributed by atoms with Crippen LogP contribution in [0.4, 0.5) is 5.82 Å². The van der Waals surface area contributed by atoms with Crippen molar-refractivity contribution in [2.24, 2.45) is 0 Å². The van der Waals surface area contributed by atoms with Gasteiger partial charge in [-0.25, -0.2) is 14.6 Å². The van der Waals surface area contributed by atoms with E-state index in [0.29, 0.717) is 22.7 Å². The van der Waals surface area contributed by atoms with Gasteiger partial charge in [-0.3, -0.25) is 0 Å². The molecule has 0 N–H and O–H groups in total. The molecule has 1 saturated heterocycles. The maximum absolute atomic E-state index is 6.33. The van der Waals surface area contributed by atoms with E-state index >= 15 is 0 Å². The van der Waals surface area contributed by atoms with E-state index < -0.39 is 0 Å². The smallest absolute Gasteiger partial charge is 0.184 e. The van der Waals surface area contributed by atoms with E-state index in [0.717, 1.165) is 36.6 Å². The summed E-state index contributed by atoms with van der Waals surface area (Å²) in [5, 5.41) is 9.45. The molecule has 140 valence electrons. The molecule has 0 aliphatic carbocycles. The van der Waals surface area contributed by atoms with Crippen molar-refractivity contribution < 1.29 is 0 Å². The fourth-order valence-electron chi connectivity index (χ4n) is 3.33. The first-order chi connectivity index (χ1) is 12.8. The van der Waals surface area contributed by atoms with E-state index in [1.54, 1.807) is 4.68 Å². The van der Waals surface area contributed by atoms with Crippen molar-refractivity contribution >= 4 is 28.6 Å². The van der Waals surface area contributed by atoms with Gasteiger partial charge in [0.05, 0.1) is 6.54 Å². The van der Waals surface area contributed by atoms with Gasteiger partial charge in [-0.1, -0.05) is 55.8 Å². The summed E-state index contributed by atoms with van der Waals surface area (Å²) in [4.78, 5) is 11.8. The zero-order chi connectivity index (χ0) is 19.2. The third kappa shape index (κ3) is 3.38. The highest BCUT2D eigenvalue weighted by molar-refractivity contribution is 6.31. The average Bonchev–Trinajstić information content (AvgIpc) is 3.22. The molecule has 1 fully saturated rings. The quantitative estimate of drug-likeness (QED) is 0.687. The number of nitrogens with zero attached hydrogens (tertiary/aromatic N) is 6. The Bertz CT molecular complexity index is 974. The Balaban J connectivity index is 1.86. The molecule has 2 aromatic heterocycles. The average molecular weight is 383 g/mol. The van der Waals surface area contributed by atoms with Crippen LogP contribution in [0.2, 0.25) is 5.02 Å². The highest BCUT2D eigenvalue weighted by atomic mass is 35.5. The number of aromatic nitrogens is 5. The molecule has 0 saturated carbocycles. The molecular formula is C20H23ClN6. The number of hydrogen-bond acceptors (Lipinski definition) is 5. The number of benzene rings is 1. The molecule has 1 aliphatic rings. The van der Waals surface area contributed by atoms with Crippen LogP contribution in [0.15, 0.2) is 24.3 Å². The van der Waals surface area contributed by atoms with E-state index in [-0.39, 0.29) is 11.5 Å². The van der Waals surface area contributed by atoms with Gasteiger partial charge in [0.1, 0.15) is 5.82 Å². The van der Waals surface area contributed by atoms with Crippen LogP contribution in [-0.4, -0.2) is 37.5 Å². The lowest BCUT2D eigenvalue weighted by molar-refractivity contribution is 0.544. The minimum absolute atomic E-state index is 0.0513. The molecule has 2 radical (unpaired) electrons. The Morgan fingerprint density at radius 1 is 1.22 bits per heavy atom. The SMILES string of the molecule is [CH][C@H]1CCCN1c1nc(C(C)(C)C)nc2c1nnn2Cc1ccccc1Cl. The fraction of sp³-hybridized carbons (Fsp3) is 0.450. The molecule has 0 amide bonds. The van der Waals surface area contributed by atoms with Crippen molar-refractivity contribution in [2.75, 3.05) is 11.4 Å². The van der Waals surface area contributed by atoms with Crippen molar-refractivity contribution in [3.05, 3.63) is 47.6 Å². The molecule has 3 aromatic rings. The molecule has 1 atom stereocenters. The third-order valence-electron chi connectivity index (χ3n) is 4.86. The number of hydrogen-bond donors (Lipinski definition) is 0. The Morgan fingerprint density at radius 2 is 2.00 bits per heavy atom. The van der Waals surface area contributed by atoms with Crippen molar-refractivity contribution in [3.8, 4) is 0 Å². The highest BCUT2D eigenvalue weighted by Crippen LogP contribution is 2.31. The minimum Gasteiger partial charge on any atom is -0.351 e. The van der Waals surface area contributed by atoms with Crippen molar-refractivity contribution in [2.45, 2.75) is 51.6 Å². The van der Waals surface area contributed by atoms with E-state index in [1.165, 1.54) is 0 Å². The number of halogens is 1. The molecule has 3 heterocycles. The number of fused-ring (bicyclic) bond motifs is 1. The molecule has 0 bridgehead atoms. The number of anilines is 1. The van der Waals surface area contributed by atoms with Crippen LogP contribution < -0.4 is 4.90 Å². The highest BCUT2D eigenvalue weighted by Gasteiger charge is 2.29. The van der Waals surface area contributed by atoms with Crippen LogP contribution in [0.5, 0.6) is 0 Å². The van der Waals surface area contributed by atoms with E-state index in [1.807, 2.05) is 24.3 Å².